The molecule has 184 valence electrons. The van der Waals surface area contributed by atoms with E-state index in [4.69, 9.17) is 16.3 Å². The fraction of sp³-hybridized carbons (Fsp3) is 0.480. The van der Waals surface area contributed by atoms with E-state index in [1.807, 2.05) is 27.7 Å². The zero-order valence-corrected chi connectivity index (χ0v) is 22.4. The average Bonchev–Trinajstić information content (AvgIpc) is 3.52. The van der Waals surface area contributed by atoms with Gasteiger partial charge in [0.25, 0.3) is 5.91 Å². The topological polar surface area (TPSA) is 89.9 Å². The first kappa shape index (κ1) is 27.7. The summed E-state index contributed by atoms with van der Waals surface area (Å²) >= 11 is 7.32. The van der Waals surface area contributed by atoms with Gasteiger partial charge < -0.3 is 4.74 Å². The smallest absolute Gasteiger partial charge is 0.259 e. The number of nitrogens with one attached hydrogen (secondary N) is 1. The summed E-state index contributed by atoms with van der Waals surface area (Å²) in [7, 11) is 1.53. The first-order valence-electron chi connectivity index (χ1n) is 11.7. The number of amides is 1. The Morgan fingerprint density at radius 3 is 2.38 bits per heavy atom. The average molecular weight is 504 g/mol. The quantitative estimate of drug-likeness (QED) is 0.372. The summed E-state index contributed by atoms with van der Waals surface area (Å²) in [4.78, 5) is 21.0. The second-order valence-corrected chi connectivity index (χ2v) is 9.29. The molecule has 0 saturated heterocycles. The van der Waals surface area contributed by atoms with E-state index in [-0.39, 0.29) is 5.91 Å². The van der Waals surface area contributed by atoms with Crippen molar-refractivity contribution in [3.05, 3.63) is 45.9 Å². The van der Waals surface area contributed by atoms with Gasteiger partial charge in [0.2, 0.25) is 5.13 Å². The van der Waals surface area contributed by atoms with Crippen molar-refractivity contribution in [1.29, 1.82) is 0 Å². The molecule has 34 heavy (non-hydrogen) atoms. The van der Waals surface area contributed by atoms with Crippen LogP contribution in [0.1, 0.15) is 73.9 Å². The predicted octanol–water partition coefficient (Wildman–Crippen LogP) is 7.14. The summed E-state index contributed by atoms with van der Waals surface area (Å²) < 4.78 is 5.36. The van der Waals surface area contributed by atoms with Crippen LogP contribution in [0.15, 0.2) is 24.5 Å². The summed E-state index contributed by atoms with van der Waals surface area (Å²) in [5, 5.41) is 12.0. The lowest BCUT2D eigenvalue weighted by atomic mass is 10.0. The van der Waals surface area contributed by atoms with Crippen LogP contribution in [-0.4, -0.2) is 33.2 Å². The van der Waals surface area contributed by atoms with E-state index in [0.29, 0.717) is 32.7 Å². The van der Waals surface area contributed by atoms with Gasteiger partial charge in [0, 0.05) is 23.0 Å². The molecule has 0 bridgehead atoms. The Hall–Kier alpha value is -2.58. The highest BCUT2D eigenvalue weighted by molar-refractivity contribution is 7.15. The summed E-state index contributed by atoms with van der Waals surface area (Å²) in [5.74, 6) is 1.27. The molecule has 1 amide bonds. The molecule has 4 rings (SSSR count). The molecular formula is C25H34ClN5O2S. The highest BCUT2D eigenvalue weighted by Crippen LogP contribution is 2.34. The van der Waals surface area contributed by atoms with Gasteiger partial charge in [-0.15, -0.1) is 10.2 Å². The number of ether oxygens (including phenoxy) is 1. The van der Waals surface area contributed by atoms with Gasteiger partial charge in [0.15, 0.2) is 0 Å². The van der Waals surface area contributed by atoms with Crippen LogP contribution in [0.25, 0.3) is 11.1 Å². The van der Waals surface area contributed by atoms with E-state index in [2.05, 4.69) is 32.4 Å². The van der Waals surface area contributed by atoms with Gasteiger partial charge in [-0.1, -0.05) is 75.8 Å². The number of methoxy groups -OCH3 is 1. The lowest BCUT2D eigenvalue weighted by Gasteiger charge is -2.13. The van der Waals surface area contributed by atoms with E-state index in [0.717, 1.165) is 16.6 Å². The first-order valence-corrected chi connectivity index (χ1v) is 12.9. The van der Waals surface area contributed by atoms with Crippen molar-refractivity contribution in [2.75, 3.05) is 12.4 Å². The van der Waals surface area contributed by atoms with Crippen molar-refractivity contribution in [2.45, 2.75) is 66.7 Å². The van der Waals surface area contributed by atoms with Crippen molar-refractivity contribution in [2.24, 2.45) is 5.92 Å². The van der Waals surface area contributed by atoms with Crippen LogP contribution in [0.2, 0.25) is 5.15 Å². The Kier molecular flexibility index (Phi) is 11.4. The zero-order chi connectivity index (χ0) is 25.1. The Bertz CT molecular complexity index is 1070. The molecule has 3 aromatic rings. The number of rotatable bonds is 5. The molecule has 3 aromatic heterocycles. The number of carbonyl (C=O) groups is 1. The zero-order valence-electron chi connectivity index (χ0n) is 20.8. The van der Waals surface area contributed by atoms with Gasteiger partial charge in [-0.3, -0.25) is 15.1 Å². The molecule has 0 spiro atoms. The van der Waals surface area contributed by atoms with Crippen LogP contribution in [-0.2, 0) is 0 Å². The molecule has 0 radical (unpaired) electrons. The SMILES string of the molecule is CC.CCC1CCCC1.COc1cnc(Cl)cc1-c1cc(C)ncc1C(=O)Nc1nnc(C)s1. The van der Waals surface area contributed by atoms with Gasteiger partial charge in [0.1, 0.15) is 15.9 Å². The maximum Gasteiger partial charge on any atom is 0.259 e. The number of hydrogen-bond donors (Lipinski definition) is 1. The normalized spacial score (nSPS) is 12.8. The molecule has 0 aliphatic heterocycles. The summed E-state index contributed by atoms with van der Waals surface area (Å²) in [6.45, 7) is 9.96. The number of halogens is 1. The lowest BCUT2D eigenvalue weighted by Crippen LogP contribution is -2.14. The van der Waals surface area contributed by atoms with Crippen LogP contribution in [0.5, 0.6) is 5.75 Å². The molecule has 1 N–H and O–H groups in total. The third-order valence-electron chi connectivity index (χ3n) is 5.43. The van der Waals surface area contributed by atoms with Gasteiger partial charge in [-0.25, -0.2) is 4.98 Å². The number of aromatic nitrogens is 4. The van der Waals surface area contributed by atoms with E-state index in [9.17, 15) is 4.79 Å². The Labute approximate surface area is 211 Å². The molecule has 1 saturated carbocycles. The van der Waals surface area contributed by atoms with Gasteiger partial charge >= 0.3 is 0 Å². The third-order valence-corrected chi connectivity index (χ3v) is 6.39. The van der Waals surface area contributed by atoms with Crippen LogP contribution < -0.4 is 10.1 Å². The number of aryl methyl sites for hydroxylation is 2. The first-order chi connectivity index (χ1) is 16.4. The standard InChI is InChI=1S/C16H14ClN5O2S.C7H14.C2H6/c1-8-4-10(11-5-14(17)19-7-13(11)24-3)12(6-18-8)15(23)20-16-22-21-9(2)25-16;1-2-7-5-3-4-6-7;1-2/h4-7H,1-3H3,(H,20,22,23);7H,2-6H2,1H3;1-2H3. The third kappa shape index (κ3) is 7.74. The maximum absolute atomic E-state index is 12.7. The molecule has 1 fully saturated rings. The molecule has 1 aliphatic carbocycles. The number of nitrogens with zero attached hydrogens (tertiary/aromatic N) is 4. The molecule has 3 heterocycles. The summed E-state index contributed by atoms with van der Waals surface area (Å²) in [6.07, 6.45) is 10.5. The Balaban J connectivity index is 0.000000384. The van der Waals surface area contributed by atoms with E-state index in [1.165, 1.54) is 62.9 Å². The van der Waals surface area contributed by atoms with Crippen molar-refractivity contribution in [3.8, 4) is 16.9 Å². The largest absolute Gasteiger partial charge is 0.494 e. The fourth-order valence-corrected chi connectivity index (χ4v) is 4.43. The second kappa shape index (κ2) is 14.0. The van der Waals surface area contributed by atoms with Crippen LogP contribution in [0.3, 0.4) is 0 Å². The van der Waals surface area contributed by atoms with E-state index in [1.54, 1.807) is 12.1 Å². The Morgan fingerprint density at radius 1 is 1.12 bits per heavy atom. The lowest BCUT2D eigenvalue weighted by molar-refractivity contribution is 0.102. The van der Waals surface area contributed by atoms with Crippen molar-refractivity contribution in [1.82, 2.24) is 20.2 Å². The van der Waals surface area contributed by atoms with E-state index >= 15 is 0 Å². The van der Waals surface area contributed by atoms with E-state index < -0.39 is 0 Å². The van der Waals surface area contributed by atoms with Crippen LogP contribution >= 0.6 is 22.9 Å². The predicted molar refractivity (Wildman–Crippen MR) is 140 cm³/mol. The van der Waals surface area contributed by atoms with Gasteiger partial charge in [-0.05, 0) is 31.9 Å². The molecule has 0 unspecified atom stereocenters. The minimum Gasteiger partial charge on any atom is -0.494 e. The van der Waals surface area contributed by atoms with Crippen molar-refractivity contribution in [3.63, 3.8) is 0 Å². The number of pyridine rings is 2. The highest BCUT2D eigenvalue weighted by atomic mass is 35.5. The molecule has 7 nitrogen and oxygen atoms in total. The Morgan fingerprint density at radius 2 is 1.82 bits per heavy atom. The summed E-state index contributed by atoms with van der Waals surface area (Å²) in [6, 6.07) is 3.45. The molecule has 9 heteroatoms. The van der Waals surface area contributed by atoms with Crippen LogP contribution in [0, 0.1) is 19.8 Å². The van der Waals surface area contributed by atoms with Crippen LogP contribution in [0.4, 0.5) is 5.13 Å². The van der Waals surface area contributed by atoms with Crippen molar-refractivity contribution < 1.29 is 9.53 Å². The van der Waals surface area contributed by atoms with Gasteiger partial charge in [0.05, 0.1) is 18.9 Å². The molecule has 0 atom stereocenters. The highest BCUT2D eigenvalue weighted by Gasteiger charge is 2.19. The van der Waals surface area contributed by atoms with Crippen molar-refractivity contribution >= 4 is 34.0 Å². The fourth-order valence-electron chi connectivity index (χ4n) is 3.68. The monoisotopic (exact) mass is 503 g/mol. The summed E-state index contributed by atoms with van der Waals surface area (Å²) in [5.41, 5.74) is 2.44. The second-order valence-electron chi connectivity index (χ2n) is 7.72. The molecule has 0 aromatic carbocycles. The number of anilines is 1. The van der Waals surface area contributed by atoms with Gasteiger partial charge in [-0.2, -0.15) is 0 Å². The number of carbonyl (C=O) groups excluding carboxylic acids is 1. The number of hydrogen-bond acceptors (Lipinski definition) is 7. The maximum atomic E-state index is 12.7. The minimum absolute atomic E-state index is 0.302. The molecular weight excluding hydrogens is 470 g/mol. The minimum atomic E-state index is -0.339. The molecule has 1 aliphatic rings.